The molecule has 2 aromatic rings. The van der Waals surface area contributed by atoms with Crippen molar-refractivity contribution >= 4 is 21.6 Å². The highest BCUT2D eigenvalue weighted by atomic mass is 35.5. The summed E-state index contributed by atoms with van der Waals surface area (Å²) in [5.41, 5.74) is 1.00. The van der Waals surface area contributed by atoms with Gasteiger partial charge in [-0.1, -0.05) is 23.7 Å². The number of nitrogens with one attached hydrogen (secondary N) is 1. The molecule has 0 radical (unpaired) electrons. The molecule has 3 rings (SSSR count). The molecule has 0 bridgehead atoms. The van der Waals surface area contributed by atoms with Crippen LogP contribution in [0.5, 0.6) is 11.5 Å². The van der Waals surface area contributed by atoms with Crippen molar-refractivity contribution in [1.29, 1.82) is 0 Å². The molecule has 25 heavy (non-hydrogen) atoms. The Morgan fingerprint density at radius 1 is 1.20 bits per heavy atom. The van der Waals surface area contributed by atoms with E-state index in [2.05, 4.69) is 4.72 Å². The molecular weight excluding hydrogens is 366 g/mol. The highest BCUT2D eigenvalue weighted by Crippen LogP contribution is 2.32. The summed E-state index contributed by atoms with van der Waals surface area (Å²) in [5, 5.41) is 10.7. The van der Waals surface area contributed by atoms with Crippen molar-refractivity contribution in [2.75, 3.05) is 19.8 Å². The quantitative estimate of drug-likeness (QED) is 0.828. The second-order valence-electron chi connectivity index (χ2n) is 5.63. The molecule has 0 saturated heterocycles. The second kappa shape index (κ2) is 7.21. The molecule has 0 saturated carbocycles. The topological polar surface area (TPSA) is 84.9 Å². The van der Waals surface area contributed by atoms with Gasteiger partial charge in [-0.3, -0.25) is 0 Å². The Kier molecular flexibility index (Phi) is 5.19. The third-order valence-electron chi connectivity index (χ3n) is 3.93. The van der Waals surface area contributed by atoms with Crippen LogP contribution < -0.4 is 14.2 Å². The Hall–Kier alpha value is -1.80. The molecule has 1 aliphatic rings. The van der Waals surface area contributed by atoms with Crippen molar-refractivity contribution in [2.45, 2.75) is 17.9 Å². The first-order chi connectivity index (χ1) is 11.9. The number of hydrogen-bond acceptors (Lipinski definition) is 5. The largest absolute Gasteiger partial charge is 0.486 e. The number of aliphatic hydroxyl groups is 1. The highest BCUT2D eigenvalue weighted by Gasteiger charge is 2.21. The molecular formula is C17H18ClNO5S. The van der Waals surface area contributed by atoms with E-state index in [9.17, 15) is 13.5 Å². The van der Waals surface area contributed by atoms with Crippen LogP contribution in [-0.2, 0) is 10.0 Å². The number of sulfonamides is 1. The van der Waals surface area contributed by atoms with E-state index in [4.69, 9.17) is 21.1 Å². The predicted octanol–water partition coefficient (Wildman–Crippen LogP) is 2.43. The molecule has 2 N–H and O–H groups in total. The van der Waals surface area contributed by atoms with Crippen LogP contribution in [-0.4, -0.2) is 33.3 Å². The molecule has 0 fully saturated rings. The van der Waals surface area contributed by atoms with Crippen LogP contribution >= 0.6 is 11.6 Å². The molecule has 8 heteroatoms. The Bertz CT molecular complexity index is 885. The Labute approximate surface area is 151 Å². The summed E-state index contributed by atoms with van der Waals surface area (Å²) in [6.07, 6.45) is -1.02. The lowest BCUT2D eigenvalue weighted by atomic mass is 10.1. The smallest absolute Gasteiger partial charge is 0.240 e. The Balaban J connectivity index is 1.73. The van der Waals surface area contributed by atoms with E-state index in [1.807, 2.05) is 0 Å². The van der Waals surface area contributed by atoms with E-state index in [0.29, 0.717) is 40.9 Å². The van der Waals surface area contributed by atoms with Gasteiger partial charge >= 0.3 is 0 Å². The van der Waals surface area contributed by atoms with E-state index in [0.717, 1.165) is 0 Å². The van der Waals surface area contributed by atoms with Gasteiger partial charge in [-0.15, -0.1) is 0 Å². The zero-order chi connectivity index (χ0) is 18.0. The lowest BCUT2D eigenvalue weighted by Crippen LogP contribution is -2.29. The fraction of sp³-hybridized carbons (Fsp3) is 0.294. The van der Waals surface area contributed by atoms with Gasteiger partial charge in [0.2, 0.25) is 10.0 Å². The minimum Gasteiger partial charge on any atom is -0.486 e. The van der Waals surface area contributed by atoms with Crippen LogP contribution in [0, 0.1) is 6.92 Å². The Morgan fingerprint density at radius 2 is 1.92 bits per heavy atom. The third kappa shape index (κ3) is 3.90. The zero-order valence-corrected chi connectivity index (χ0v) is 15.1. The number of rotatable bonds is 5. The molecule has 1 heterocycles. The van der Waals surface area contributed by atoms with Crippen LogP contribution in [0.2, 0.25) is 5.02 Å². The number of ether oxygens (including phenoxy) is 2. The van der Waals surface area contributed by atoms with Crippen molar-refractivity contribution < 1.29 is 23.0 Å². The molecule has 0 aliphatic carbocycles. The number of fused-ring (bicyclic) bond motifs is 1. The normalized spacial score (nSPS) is 15.0. The lowest BCUT2D eigenvalue weighted by molar-refractivity contribution is 0.165. The monoisotopic (exact) mass is 383 g/mol. The minimum absolute atomic E-state index is 0.0920. The summed E-state index contributed by atoms with van der Waals surface area (Å²) in [5.74, 6) is 1.15. The fourth-order valence-electron chi connectivity index (χ4n) is 2.53. The fourth-order valence-corrected chi connectivity index (χ4v) is 4.06. The average Bonchev–Trinajstić information content (AvgIpc) is 2.61. The third-order valence-corrected chi connectivity index (χ3v) is 5.90. The number of benzene rings is 2. The maximum atomic E-state index is 12.4. The SMILES string of the molecule is Cc1c(Cl)cccc1S(=O)(=O)NCC(O)c1ccc2c(c1)OCCO2. The van der Waals surface area contributed by atoms with Gasteiger partial charge in [-0.2, -0.15) is 0 Å². The second-order valence-corrected chi connectivity index (χ2v) is 7.78. The van der Waals surface area contributed by atoms with Crippen molar-refractivity contribution in [2.24, 2.45) is 0 Å². The molecule has 134 valence electrons. The summed E-state index contributed by atoms with van der Waals surface area (Å²) >= 11 is 5.98. The average molecular weight is 384 g/mol. The van der Waals surface area contributed by atoms with E-state index in [1.54, 1.807) is 37.3 Å². The maximum Gasteiger partial charge on any atom is 0.240 e. The van der Waals surface area contributed by atoms with Gasteiger partial charge in [0.25, 0.3) is 0 Å². The number of halogens is 1. The molecule has 6 nitrogen and oxygen atoms in total. The summed E-state index contributed by atoms with van der Waals surface area (Å²) in [7, 11) is -3.78. The van der Waals surface area contributed by atoms with Crippen molar-refractivity contribution in [3.63, 3.8) is 0 Å². The van der Waals surface area contributed by atoms with Crippen LogP contribution in [0.3, 0.4) is 0 Å². The van der Waals surface area contributed by atoms with Gasteiger partial charge in [-0.25, -0.2) is 13.1 Å². The van der Waals surface area contributed by atoms with Gasteiger partial charge in [0.05, 0.1) is 11.0 Å². The first-order valence-electron chi connectivity index (χ1n) is 7.71. The van der Waals surface area contributed by atoms with Gasteiger partial charge in [-0.05, 0) is 42.3 Å². The summed E-state index contributed by atoms with van der Waals surface area (Å²) in [6, 6.07) is 9.69. The molecule has 1 atom stereocenters. The van der Waals surface area contributed by atoms with Crippen molar-refractivity contribution in [1.82, 2.24) is 4.72 Å². The van der Waals surface area contributed by atoms with E-state index < -0.39 is 16.1 Å². The van der Waals surface area contributed by atoms with E-state index >= 15 is 0 Å². The Morgan fingerprint density at radius 3 is 2.68 bits per heavy atom. The van der Waals surface area contributed by atoms with Crippen molar-refractivity contribution in [3.8, 4) is 11.5 Å². The van der Waals surface area contributed by atoms with Crippen LogP contribution in [0.15, 0.2) is 41.3 Å². The van der Waals surface area contributed by atoms with Crippen molar-refractivity contribution in [3.05, 3.63) is 52.5 Å². The molecule has 1 aliphatic heterocycles. The first-order valence-corrected chi connectivity index (χ1v) is 9.57. The standard InChI is InChI=1S/C17H18ClNO5S/c1-11-13(18)3-2-4-17(11)25(21,22)19-10-14(20)12-5-6-15-16(9-12)24-8-7-23-15/h2-6,9,14,19-20H,7-8,10H2,1H3. The zero-order valence-electron chi connectivity index (χ0n) is 13.5. The maximum absolute atomic E-state index is 12.4. The van der Waals surface area contributed by atoms with Crippen LogP contribution in [0.4, 0.5) is 0 Å². The van der Waals surface area contributed by atoms with Crippen LogP contribution in [0.1, 0.15) is 17.2 Å². The summed E-state index contributed by atoms with van der Waals surface area (Å²) in [4.78, 5) is 0.0920. The number of aliphatic hydroxyl groups excluding tert-OH is 1. The van der Waals surface area contributed by atoms with Gasteiger partial charge in [0.15, 0.2) is 11.5 Å². The molecule has 0 spiro atoms. The minimum atomic E-state index is -3.78. The van der Waals surface area contributed by atoms with Gasteiger partial charge in [0.1, 0.15) is 13.2 Å². The summed E-state index contributed by atoms with van der Waals surface area (Å²) in [6.45, 7) is 2.38. The lowest BCUT2D eigenvalue weighted by Gasteiger charge is -2.20. The van der Waals surface area contributed by atoms with E-state index in [1.165, 1.54) is 6.07 Å². The van der Waals surface area contributed by atoms with Crippen LogP contribution in [0.25, 0.3) is 0 Å². The predicted molar refractivity (Wildman–Crippen MR) is 93.8 cm³/mol. The highest BCUT2D eigenvalue weighted by molar-refractivity contribution is 7.89. The number of hydrogen-bond donors (Lipinski definition) is 2. The molecule has 0 aromatic heterocycles. The summed E-state index contributed by atoms with van der Waals surface area (Å²) < 4.78 is 38.2. The molecule has 2 aromatic carbocycles. The molecule has 1 unspecified atom stereocenters. The van der Waals surface area contributed by atoms with Gasteiger partial charge < -0.3 is 14.6 Å². The molecule has 0 amide bonds. The van der Waals surface area contributed by atoms with E-state index in [-0.39, 0.29) is 11.4 Å². The first kappa shape index (κ1) is 18.0. The van der Waals surface area contributed by atoms with Gasteiger partial charge in [0, 0.05) is 11.6 Å².